The number of carbonyl (C=O) groups excluding carboxylic acids is 1. The fraction of sp³-hybridized carbons (Fsp3) is 0.929. The van der Waals surface area contributed by atoms with Gasteiger partial charge in [0.1, 0.15) is 0 Å². The Morgan fingerprint density at radius 3 is 2.41 bits per heavy atom. The zero-order valence-corrected chi connectivity index (χ0v) is 12.0. The molecular formula is C14H30N2O. The van der Waals surface area contributed by atoms with Crippen molar-refractivity contribution in [1.82, 2.24) is 10.6 Å². The predicted molar refractivity (Wildman–Crippen MR) is 74.1 cm³/mol. The number of rotatable bonds is 10. The van der Waals surface area contributed by atoms with E-state index >= 15 is 0 Å². The Morgan fingerprint density at radius 2 is 1.88 bits per heavy atom. The minimum absolute atomic E-state index is 0.0720. The van der Waals surface area contributed by atoms with Crippen LogP contribution >= 0.6 is 0 Å². The molecule has 1 amide bonds. The van der Waals surface area contributed by atoms with Crippen molar-refractivity contribution in [3.05, 3.63) is 0 Å². The van der Waals surface area contributed by atoms with Gasteiger partial charge >= 0.3 is 0 Å². The molecule has 2 N–H and O–H groups in total. The average molecular weight is 242 g/mol. The molecule has 0 aliphatic carbocycles. The lowest BCUT2D eigenvalue weighted by atomic mass is 9.99. The molecule has 3 nitrogen and oxygen atoms in total. The van der Waals surface area contributed by atoms with Gasteiger partial charge in [-0.25, -0.2) is 0 Å². The monoisotopic (exact) mass is 242 g/mol. The van der Waals surface area contributed by atoms with Crippen LogP contribution in [0.2, 0.25) is 0 Å². The summed E-state index contributed by atoms with van der Waals surface area (Å²) in [5.41, 5.74) is 0. The maximum Gasteiger partial charge on any atom is 0.236 e. The lowest BCUT2D eigenvalue weighted by Crippen LogP contribution is -2.44. The third-order valence-electron chi connectivity index (χ3n) is 3.20. The molecule has 0 fully saturated rings. The van der Waals surface area contributed by atoms with Crippen LogP contribution in [0.5, 0.6) is 0 Å². The number of hydrogen-bond acceptors (Lipinski definition) is 2. The minimum Gasteiger partial charge on any atom is -0.355 e. The predicted octanol–water partition coefficient (Wildman–Crippen LogP) is 2.71. The Morgan fingerprint density at radius 1 is 1.18 bits per heavy atom. The number of hydrogen-bond donors (Lipinski definition) is 2. The Hall–Kier alpha value is -0.570. The van der Waals surface area contributed by atoms with Crippen LogP contribution in [0.1, 0.15) is 59.8 Å². The first-order valence-corrected chi connectivity index (χ1v) is 7.16. The second-order valence-electron chi connectivity index (χ2n) is 4.84. The molecule has 0 aromatic heterocycles. The topological polar surface area (TPSA) is 41.1 Å². The first-order chi connectivity index (χ1) is 8.15. The van der Waals surface area contributed by atoms with Gasteiger partial charge in [0, 0.05) is 6.54 Å². The lowest BCUT2D eigenvalue weighted by Gasteiger charge is -2.19. The molecule has 0 aliphatic rings. The van der Waals surface area contributed by atoms with Crippen molar-refractivity contribution >= 4 is 5.91 Å². The van der Waals surface area contributed by atoms with Gasteiger partial charge in [-0.1, -0.05) is 40.0 Å². The highest BCUT2D eigenvalue weighted by Gasteiger charge is 2.13. The molecule has 17 heavy (non-hydrogen) atoms. The molecule has 102 valence electrons. The third kappa shape index (κ3) is 8.19. The lowest BCUT2D eigenvalue weighted by molar-refractivity contribution is -0.122. The van der Waals surface area contributed by atoms with Crippen LogP contribution in [-0.4, -0.2) is 25.0 Å². The van der Waals surface area contributed by atoms with Gasteiger partial charge in [-0.2, -0.15) is 0 Å². The van der Waals surface area contributed by atoms with Crippen molar-refractivity contribution < 1.29 is 4.79 Å². The second kappa shape index (κ2) is 10.6. The molecule has 0 heterocycles. The minimum atomic E-state index is -0.0720. The molecule has 0 spiro atoms. The Labute approximate surface area is 107 Å². The van der Waals surface area contributed by atoms with E-state index in [1.165, 1.54) is 25.7 Å². The van der Waals surface area contributed by atoms with Crippen molar-refractivity contribution in [2.75, 3.05) is 13.1 Å². The Balaban J connectivity index is 3.78. The van der Waals surface area contributed by atoms with Crippen molar-refractivity contribution in [3.63, 3.8) is 0 Å². The van der Waals surface area contributed by atoms with E-state index in [4.69, 9.17) is 0 Å². The molecule has 0 aromatic rings. The van der Waals surface area contributed by atoms with Gasteiger partial charge < -0.3 is 10.6 Å². The number of unbranched alkanes of at least 4 members (excludes halogenated alkanes) is 1. The smallest absolute Gasteiger partial charge is 0.236 e. The van der Waals surface area contributed by atoms with Gasteiger partial charge in [0.2, 0.25) is 5.91 Å². The number of nitrogens with one attached hydrogen (secondary N) is 2. The summed E-state index contributed by atoms with van der Waals surface area (Å²) >= 11 is 0. The van der Waals surface area contributed by atoms with Crippen LogP contribution in [0.15, 0.2) is 0 Å². The standard InChI is InChI=1S/C14H30N2O/c1-5-8-9-13(7-3)11-16-12(4)14(17)15-10-6-2/h12-13,16H,5-11H2,1-4H3,(H,15,17). The van der Waals surface area contributed by atoms with Crippen LogP contribution in [0.3, 0.4) is 0 Å². The summed E-state index contributed by atoms with van der Waals surface area (Å²) in [5, 5.41) is 6.25. The van der Waals surface area contributed by atoms with Crippen LogP contribution in [0.4, 0.5) is 0 Å². The van der Waals surface area contributed by atoms with Gasteiger partial charge in [-0.3, -0.25) is 4.79 Å². The molecule has 0 aliphatic heterocycles. The molecule has 0 rings (SSSR count). The first-order valence-electron chi connectivity index (χ1n) is 7.16. The van der Waals surface area contributed by atoms with Crippen molar-refractivity contribution in [2.45, 2.75) is 65.8 Å². The van der Waals surface area contributed by atoms with Gasteiger partial charge in [0.05, 0.1) is 6.04 Å². The normalized spacial score (nSPS) is 14.4. The van der Waals surface area contributed by atoms with Gasteiger partial charge in [0.25, 0.3) is 0 Å². The molecule has 2 unspecified atom stereocenters. The van der Waals surface area contributed by atoms with E-state index in [2.05, 4.69) is 31.4 Å². The third-order valence-corrected chi connectivity index (χ3v) is 3.20. The van der Waals surface area contributed by atoms with Gasteiger partial charge in [-0.05, 0) is 32.2 Å². The number of amides is 1. The second-order valence-corrected chi connectivity index (χ2v) is 4.84. The van der Waals surface area contributed by atoms with E-state index < -0.39 is 0 Å². The van der Waals surface area contributed by atoms with E-state index in [-0.39, 0.29) is 11.9 Å². The van der Waals surface area contributed by atoms with Crippen LogP contribution < -0.4 is 10.6 Å². The maximum atomic E-state index is 11.6. The van der Waals surface area contributed by atoms with E-state index in [1.807, 2.05) is 6.92 Å². The molecule has 2 atom stereocenters. The zero-order chi connectivity index (χ0) is 13.1. The maximum absolute atomic E-state index is 11.6. The fourth-order valence-electron chi connectivity index (χ4n) is 1.78. The molecule has 0 saturated carbocycles. The summed E-state index contributed by atoms with van der Waals surface area (Å²) in [7, 11) is 0. The van der Waals surface area contributed by atoms with Crippen LogP contribution in [0, 0.1) is 5.92 Å². The highest BCUT2D eigenvalue weighted by atomic mass is 16.2. The van der Waals surface area contributed by atoms with Crippen molar-refractivity contribution in [1.29, 1.82) is 0 Å². The largest absolute Gasteiger partial charge is 0.355 e. The molecular weight excluding hydrogens is 212 g/mol. The van der Waals surface area contributed by atoms with Crippen molar-refractivity contribution in [3.8, 4) is 0 Å². The summed E-state index contributed by atoms with van der Waals surface area (Å²) < 4.78 is 0. The summed E-state index contributed by atoms with van der Waals surface area (Å²) in [6.45, 7) is 10.2. The van der Waals surface area contributed by atoms with Crippen molar-refractivity contribution in [2.24, 2.45) is 5.92 Å². The van der Waals surface area contributed by atoms with E-state index in [0.29, 0.717) is 5.92 Å². The van der Waals surface area contributed by atoms with E-state index in [9.17, 15) is 4.79 Å². The molecule has 0 aromatic carbocycles. The van der Waals surface area contributed by atoms with Crippen LogP contribution in [0.25, 0.3) is 0 Å². The molecule has 0 bridgehead atoms. The highest BCUT2D eigenvalue weighted by molar-refractivity contribution is 5.81. The number of carbonyl (C=O) groups is 1. The Bertz CT molecular complexity index is 195. The molecule has 0 radical (unpaired) electrons. The van der Waals surface area contributed by atoms with E-state index in [1.54, 1.807) is 0 Å². The fourth-order valence-corrected chi connectivity index (χ4v) is 1.78. The summed E-state index contributed by atoms with van der Waals surface area (Å²) in [6, 6.07) is -0.0720. The quantitative estimate of drug-likeness (QED) is 0.618. The summed E-state index contributed by atoms with van der Waals surface area (Å²) in [6.07, 6.45) is 5.99. The average Bonchev–Trinajstić information content (AvgIpc) is 2.35. The molecule has 0 saturated heterocycles. The zero-order valence-electron chi connectivity index (χ0n) is 12.0. The highest BCUT2D eigenvalue weighted by Crippen LogP contribution is 2.11. The van der Waals surface area contributed by atoms with E-state index in [0.717, 1.165) is 19.5 Å². The summed E-state index contributed by atoms with van der Waals surface area (Å²) in [5.74, 6) is 0.827. The van der Waals surface area contributed by atoms with Crippen LogP contribution in [-0.2, 0) is 4.79 Å². The molecule has 3 heteroatoms. The SMILES string of the molecule is CCCCC(CC)CNC(C)C(=O)NCCC. The first kappa shape index (κ1) is 16.4. The Kier molecular flexibility index (Phi) is 10.2. The van der Waals surface area contributed by atoms with Gasteiger partial charge in [0.15, 0.2) is 0 Å². The van der Waals surface area contributed by atoms with Gasteiger partial charge in [-0.15, -0.1) is 0 Å². The summed E-state index contributed by atoms with van der Waals surface area (Å²) in [4.78, 5) is 11.6.